The van der Waals surface area contributed by atoms with Gasteiger partial charge in [-0.1, -0.05) is 0 Å². The van der Waals surface area contributed by atoms with Crippen LogP contribution in [0.2, 0.25) is 0 Å². The summed E-state index contributed by atoms with van der Waals surface area (Å²) in [6.07, 6.45) is -0.669. The lowest BCUT2D eigenvalue weighted by Gasteiger charge is -2.40. The number of ether oxygens (including phenoxy) is 2. The number of hydrogen-bond acceptors (Lipinski definition) is 4. The highest BCUT2D eigenvalue weighted by atomic mass is 16.6. The van der Waals surface area contributed by atoms with Gasteiger partial charge in [0.1, 0.15) is 11.2 Å². The van der Waals surface area contributed by atoms with E-state index in [-0.39, 0.29) is 18.2 Å². The van der Waals surface area contributed by atoms with Crippen LogP contribution in [0.1, 0.15) is 48.5 Å². The second-order valence-corrected chi connectivity index (χ2v) is 7.45. The van der Waals surface area contributed by atoms with Gasteiger partial charge in [0.25, 0.3) is 0 Å². The third-order valence-electron chi connectivity index (χ3n) is 2.91. The third-order valence-corrected chi connectivity index (χ3v) is 2.91. The zero-order valence-electron chi connectivity index (χ0n) is 14.2. The lowest BCUT2D eigenvalue weighted by Crippen LogP contribution is -2.56. The summed E-state index contributed by atoms with van der Waals surface area (Å²) in [5.74, 6) is 0. The molecule has 1 saturated heterocycles. The van der Waals surface area contributed by atoms with Gasteiger partial charge in [-0.05, 0) is 48.5 Å². The first-order valence-corrected chi connectivity index (χ1v) is 7.36. The normalized spacial score (nSPS) is 20.2. The molecule has 1 atom stereocenters. The van der Waals surface area contributed by atoms with Gasteiger partial charge in [-0.3, -0.25) is 0 Å². The van der Waals surface area contributed by atoms with E-state index in [0.717, 1.165) is 0 Å². The van der Waals surface area contributed by atoms with E-state index in [1.807, 2.05) is 48.5 Å². The molecule has 6 nitrogen and oxygen atoms in total. The first-order valence-electron chi connectivity index (χ1n) is 7.36. The molecule has 122 valence electrons. The molecule has 1 rings (SSSR count). The predicted octanol–water partition coefficient (Wildman–Crippen LogP) is 2.86. The Kier molecular flexibility index (Phi) is 5.12. The summed E-state index contributed by atoms with van der Waals surface area (Å²) in [6, 6.07) is -0.0962. The predicted molar refractivity (Wildman–Crippen MR) is 80.2 cm³/mol. The van der Waals surface area contributed by atoms with E-state index in [4.69, 9.17) is 9.47 Å². The third kappa shape index (κ3) is 5.81. The van der Waals surface area contributed by atoms with Gasteiger partial charge >= 0.3 is 12.2 Å². The molecular weight excluding hydrogens is 272 g/mol. The molecule has 0 unspecified atom stereocenters. The number of piperazine rings is 1. The summed E-state index contributed by atoms with van der Waals surface area (Å²) < 4.78 is 10.7. The van der Waals surface area contributed by atoms with Crippen molar-refractivity contribution < 1.29 is 19.1 Å². The van der Waals surface area contributed by atoms with Gasteiger partial charge in [-0.25, -0.2) is 9.59 Å². The SMILES string of the molecule is C[C@@H]1CN(C(=O)OC(C)(C)C)CCN1C(=O)OC(C)(C)C. The highest BCUT2D eigenvalue weighted by Gasteiger charge is 2.34. The van der Waals surface area contributed by atoms with Crippen LogP contribution in [-0.2, 0) is 9.47 Å². The minimum atomic E-state index is -0.515. The number of amides is 2. The lowest BCUT2D eigenvalue weighted by atomic mass is 10.2. The maximum absolute atomic E-state index is 12.1. The summed E-state index contributed by atoms with van der Waals surface area (Å²) in [5, 5.41) is 0. The van der Waals surface area contributed by atoms with Crippen LogP contribution in [0.3, 0.4) is 0 Å². The van der Waals surface area contributed by atoms with E-state index in [0.29, 0.717) is 19.6 Å². The Hall–Kier alpha value is -1.46. The number of carbonyl (C=O) groups excluding carboxylic acids is 2. The largest absolute Gasteiger partial charge is 0.444 e. The Morgan fingerprint density at radius 1 is 0.905 bits per heavy atom. The molecule has 21 heavy (non-hydrogen) atoms. The first-order chi connectivity index (χ1) is 9.39. The molecule has 1 aliphatic rings. The molecule has 0 N–H and O–H groups in total. The van der Waals surface area contributed by atoms with Crippen molar-refractivity contribution in [2.24, 2.45) is 0 Å². The minimum absolute atomic E-state index is 0.0962. The Balaban J connectivity index is 2.58. The molecule has 1 fully saturated rings. The van der Waals surface area contributed by atoms with Crippen molar-refractivity contribution in [1.29, 1.82) is 0 Å². The van der Waals surface area contributed by atoms with Gasteiger partial charge in [-0.15, -0.1) is 0 Å². The van der Waals surface area contributed by atoms with Crippen molar-refractivity contribution in [1.82, 2.24) is 9.80 Å². The van der Waals surface area contributed by atoms with Crippen LogP contribution in [-0.4, -0.2) is 58.9 Å². The van der Waals surface area contributed by atoms with Gasteiger partial charge in [0.05, 0.1) is 6.04 Å². The maximum Gasteiger partial charge on any atom is 0.410 e. The van der Waals surface area contributed by atoms with Crippen LogP contribution in [0, 0.1) is 0 Å². The molecule has 0 spiro atoms. The fraction of sp³-hybridized carbons (Fsp3) is 0.867. The van der Waals surface area contributed by atoms with Crippen molar-refractivity contribution in [3.05, 3.63) is 0 Å². The zero-order chi connectivity index (χ0) is 16.4. The molecule has 0 aromatic carbocycles. The number of carbonyl (C=O) groups is 2. The molecule has 0 aromatic heterocycles. The molecule has 0 bridgehead atoms. The minimum Gasteiger partial charge on any atom is -0.444 e. The second kappa shape index (κ2) is 6.12. The topological polar surface area (TPSA) is 59.1 Å². The molecule has 6 heteroatoms. The number of rotatable bonds is 0. The fourth-order valence-electron chi connectivity index (χ4n) is 2.04. The quantitative estimate of drug-likeness (QED) is 0.690. The van der Waals surface area contributed by atoms with Crippen molar-refractivity contribution in [3.63, 3.8) is 0 Å². The average Bonchev–Trinajstić information content (AvgIpc) is 2.23. The number of hydrogen-bond donors (Lipinski definition) is 0. The Morgan fingerprint density at radius 3 is 1.81 bits per heavy atom. The van der Waals surface area contributed by atoms with E-state index < -0.39 is 11.2 Å². The van der Waals surface area contributed by atoms with Crippen molar-refractivity contribution in [3.8, 4) is 0 Å². The summed E-state index contributed by atoms with van der Waals surface area (Å²) in [6.45, 7) is 14.3. The van der Waals surface area contributed by atoms with Gasteiger partial charge in [-0.2, -0.15) is 0 Å². The Morgan fingerprint density at radius 2 is 1.38 bits per heavy atom. The van der Waals surface area contributed by atoms with E-state index in [1.165, 1.54) is 0 Å². The zero-order valence-corrected chi connectivity index (χ0v) is 14.2. The molecule has 1 heterocycles. The standard InChI is InChI=1S/C15H28N2O4/c1-11-10-16(12(18)20-14(2,3)4)8-9-17(11)13(19)21-15(5,6)7/h11H,8-10H2,1-7H3/t11-/m1/s1. The van der Waals surface area contributed by atoms with Crippen molar-refractivity contribution in [2.75, 3.05) is 19.6 Å². The number of nitrogens with zero attached hydrogens (tertiary/aromatic N) is 2. The van der Waals surface area contributed by atoms with Crippen molar-refractivity contribution >= 4 is 12.2 Å². The van der Waals surface area contributed by atoms with Gasteiger partial charge in [0.2, 0.25) is 0 Å². The van der Waals surface area contributed by atoms with Gasteiger partial charge in [0, 0.05) is 19.6 Å². The lowest BCUT2D eigenvalue weighted by molar-refractivity contribution is -0.0122. The molecule has 2 amide bonds. The summed E-state index contributed by atoms with van der Waals surface area (Å²) in [7, 11) is 0. The van der Waals surface area contributed by atoms with E-state index >= 15 is 0 Å². The van der Waals surface area contributed by atoms with E-state index in [1.54, 1.807) is 9.80 Å². The summed E-state index contributed by atoms with van der Waals surface area (Å²) >= 11 is 0. The highest BCUT2D eigenvalue weighted by molar-refractivity contribution is 5.71. The Labute approximate surface area is 127 Å². The average molecular weight is 300 g/mol. The van der Waals surface area contributed by atoms with Crippen LogP contribution in [0.15, 0.2) is 0 Å². The molecule has 0 aliphatic carbocycles. The molecule has 0 aromatic rings. The molecule has 0 saturated carbocycles. The Bertz CT molecular complexity index is 395. The molecule has 1 aliphatic heterocycles. The smallest absolute Gasteiger partial charge is 0.410 e. The maximum atomic E-state index is 12.1. The van der Waals surface area contributed by atoms with Gasteiger partial charge in [0.15, 0.2) is 0 Å². The summed E-state index contributed by atoms with van der Waals surface area (Å²) in [4.78, 5) is 27.4. The molecular formula is C15H28N2O4. The molecule has 0 radical (unpaired) electrons. The van der Waals surface area contributed by atoms with Crippen molar-refractivity contribution in [2.45, 2.75) is 65.7 Å². The van der Waals surface area contributed by atoms with Crippen LogP contribution in [0.5, 0.6) is 0 Å². The van der Waals surface area contributed by atoms with Crippen LogP contribution in [0.25, 0.3) is 0 Å². The monoisotopic (exact) mass is 300 g/mol. The van der Waals surface area contributed by atoms with Crippen LogP contribution in [0.4, 0.5) is 9.59 Å². The van der Waals surface area contributed by atoms with Crippen LogP contribution < -0.4 is 0 Å². The van der Waals surface area contributed by atoms with Crippen LogP contribution >= 0.6 is 0 Å². The van der Waals surface area contributed by atoms with E-state index in [2.05, 4.69) is 0 Å². The highest BCUT2D eigenvalue weighted by Crippen LogP contribution is 2.17. The van der Waals surface area contributed by atoms with Gasteiger partial charge < -0.3 is 19.3 Å². The first kappa shape index (κ1) is 17.6. The summed E-state index contributed by atoms with van der Waals surface area (Å²) in [5.41, 5.74) is -1.03. The van der Waals surface area contributed by atoms with E-state index in [9.17, 15) is 9.59 Å². The fourth-order valence-corrected chi connectivity index (χ4v) is 2.04. The second-order valence-electron chi connectivity index (χ2n) is 7.45.